The molecule has 0 radical (unpaired) electrons. The number of hydrogen-bond acceptors (Lipinski definition) is 2. The van der Waals surface area contributed by atoms with Crippen molar-refractivity contribution >= 4 is 5.91 Å². The van der Waals surface area contributed by atoms with Gasteiger partial charge in [0.25, 0.3) is 5.91 Å². The Balaban J connectivity index is 1.93. The molecular weight excluding hydrogens is 250 g/mol. The van der Waals surface area contributed by atoms with Crippen LogP contribution in [-0.2, 0) is 0 Å². The van der Waals surface area contributed by atoms with Crippen molar-refractivity contribution in [1.29, 1.82) is 0 Å². The summed E-state index contributed by atoms with van der Waals surface area (Å²) < 4.78 is 26.2. The van der Waals surface area contributed by atoms with Gasteiger partial charge in [0.15, 0.2) is 0 Å². The summed E-state index contributed by atoms with van der Waals surface area (Å²) in [7, 11) is 0. The average Bonchev–Trinajstić information content (AvgIpc) is 2.37. The van der Waals surface area contributed by atoms with Crippen LogP contribution in [0, 0.1) is 23.5 Å². The molecule has 2 atom stereocenters. The Morgan fingerprint density at radius 1 is 1.47 bits per heavy atom. The Kier molecular flexibility index (Phi) is 4.47. The molecule has 0 spiro atoms. The van der Waals surface area contributed by atoms with Crippen molar-refractivity contribution < 1.29 is 13.6 Å². The van der Waals surface area contributed by atoms with Crippen LogP contribution in [0.1, 0.15) is 23.7 Å². The van der Waals surface area contributed by atoms with Gasteiger partial charge < -0.3 is 10.6 Å². The van der Waals surface area contributed by atoms with E-state index in [-0.39, 0.29) is 5.56 Å². The summed E-state index contributed by atoms with van der Waals surface area (Å²) in [5, 5.41) is 5.99. The number of halogens is 2. The summed E-state index contributed by atoms with van der Waals surface area (Å²) in [6.07, 6.45) is 1.07. The molecule has 1 aliphatic heterocycles. The third kappa shape index (κ3) is 3.50. The van der Waals surface area contributed by atoms with Gasteiger partial charge in [-0.2, -0.15) is 0 Å². The van der Waals surface area contributed by atoms with Crippen LogP contribution in [0.15, 0.2) is 18.2 Å². The fourth-order valence-electron chi connectivity index (χ4n) is 2.32. The summed E-state index contributed by atoms with van der Waals surface area (Å²) in [5.74, 6) is -1.12. The summed E-state index contributed by atoms with van der Waals surface area (Å²) in [6, 6.07) is 2.98. The Labute approximate surface area is 111 Å². The number of hydrogen-bond donors (Lipinski definition) is 2. The maximum absolute atomic E-state index is 13.4. The zero-order chi connectivity index (χ0) is 13.8. The van der Waals surface area contributed by atoms with Gasteiger partial charge in [0.05, 0.1) is 5.56 Å². The van der Waals surface area contributed by atoms with Crippen molar-refractivity contribution in [3.8, 4) is 0 Å². The van der Waals surface area contributed by atoms with Crippen LogP contribution in [0.4, 0.5) is 8.78 Å². The van der Waals surface area contributed by atoms with Crippen molar-refractivity contribution in [3.63, 3.8) is 0 Å². The van der Waals surface area contributed by atoms with Gasteiger partial charge >= 0.3 is 0 Å². The van der Waals surface area contributed by atoms with Crippen molar-refractivity contribution in [3.05, 3.63) is 35.4 Å². The monoisotopic (exact) mass is 268 g/mol. The number of piperidine rings is 1. The van der Waals surface area contributed by atoms with Crippen molar-refractivity contribution in [2.24, 2.45) is 11.8 Å². The van der Waals surface area contributed by atoms with Gasteiger partial charge in [-0.15, -0.1) is 0 Å². The normalized spacial score (nSPS) is 23.1. The number of benzene rings is 1. The number of carbonyl (C=O) groups is 1. The zero-order valence-corrected chi connectivity index (χ0v) is 10.9. The van der Waals surface area contributed by atoms with Crippen LogP contribution in [0.25, 0.3) is 0 Å². The minimum Gasteiger partial charge on any atom is -0.352 e. The second-order valence-electron chi connectivity index (χ2n) is 5.06. The first-order valence-electron chi connectivity index (χ1n) is 6.52. The summed E-state index contributed by atoms with van der Waals surface area (Å²) in [6.45, 7) is 4.51. The van der Waals surface area contributed by atoms with Gasteiger partial charge in [0.1, 0.15) is 11.6 Å². The Hall–Kier alpha value is -1.49. The quantitative estimate of drug-likeness (QED) is 0.879. The highest BCUT2D eigenvalue weighted by atomic mass is 19.1. The summed E-state index contributed by atoms with van der Waals surface area (Å²) in [5.41, 5.74) is -0.113. The average molecular weight is 268 g/mol. The van der Waals surface area contributed by atoms with Crippen molar-refractivity contribution in [2.75, 3.05) is 19.6 Å². The predicted octanol–water partition coefficient (Wildman–Crippen LogP) is 1.94. The highest BCUT2D eigenvalue weighted by molar-refractivity contribution is 5.94. The van der Waals surface area contributed by atoms with Crippen LogP contribution in [0.3, 0.4) is 0 Å². The third-order valence-corrected chi connectivity index (χ3v) is 3.69. The van der Waals surface area contributed by atoms with Crippen LogP contribution in [-0.4, -0.2) is 25.5 Å². The summed E-state index contributed by atoms with van der Waals surface area (Å²) in [4.78, 5) is 11.8. The van der Waals surface area contributed by atoms with E-state index in [4.69, 9.17) is 0 Å². The van der Waals surface area contributed by atoms with E-state index in [1.165, 1.54) is 6.07 Å². The first-order valence-corrected chi connectivity index (χ1v) is 6.52. The Morgan fingerprint density at radius 3 is 2.95 bits per heavy atom. The first-order chi connectivity index (χ1) is 9.08. The molecule has 3 nitrogen and oxygen atoms in total. The summed E-state index contributed by atoms with van der Waals surface area (Å²) >= 11 is 0. The van der Waals surface area contributed by atoms with E-state index in [0.29, 0.717) is 18.4 Å². The topological polar surface area (TPSA) is 41.1 Å². The van der Waals surface area contributed by atoms with Gasteiger partial charge in [0, 0.05) is 12.6 Å². The molecule has 1 fully saturated rings. The minimum absolute atomic E-state index is 0.113. The second kappa shape index (κ2) is 6.10. The third-order valence-electron chi connectivity index (χ3n) is 3.69. The molecule has 0 aromatic heterocycles. The molecule has 1 aliphatic rings. The molecule has 0 bridgehead atoms. The molecule has 2 N–H and O–H groups in total. The van der Waals surface area contributed by atoms with Crippen LogP contribution in [0.5, 0.6) is 0 Å². The standard InChI is InChI=1S/C14H18F2N2O/c1-9-4-5-17-7-10(9)8-18-14(19)12-3-2-11(15)6-13(12)16/h2-3,6,9-10,17H,4-5,7-8H2,1H3,(H,18,19). The number of carbonyl (C=O) groups excluding carboxylic acids is 1. The van der Waals surface area contributed by atoms with Gasteiger partial charge in [0.2, 0.25) is 0 Å². The van der Waals surface area contributed by atoms with E-state index >= 15 is 0 Å². The van der Waals surface area contributed by atoms with Gasteiger partial charge in [-0.3, -0.25) is 4.79 Å². The van der Waals surface area contributed by atoms with E-state index in [0.717, 1.165) is 31.6 Å². The van der Waals surface area contributed by atoms with Crippen LogP contribution >= 0.6 is 0 Å². The Morgan fingerprint density at radius 2 is 2.26 bits per heavy atom. The smallest absolute Gasteiger partial charge is 0.254 e. The fraction of sp³-hybridized carbons (Fsp3) is 0.500. The lowest BCUT2D eigenvalue weighted by Gasteiger charge is -2.29. The molecule has 19 heavy (non-hydrogen) atoms. The molecule has 0 aliphatic carbocycles. The molecule has 104 valence electrons. The van der Waals surface area contributed by atoms with Crippen molar-refractivity contribution in [1.82, 2.24) is 10.6 Å². The van der Waals surface area contributed by atoms with Gasteiger partial charge in [-0.05, 0) is 43.5 Å². The SMILES string of the molecule is CC1CCNCC1CNC(=O)c1ccc(F)cc1F. The molecule has 1 amide bonds. The van der Waals surface area contributed by atoms with Gasteiger partial charge in [-0.25, -0.2) is 8.78 Å². The van der Waals surface area contributed by atoms with Crippen LogP contribution in [0.2, 0.25) is 0 Å². The van der Waals surface area contributed by atoms with E-state index in [9.17, 15) is 13.6 Å². The molecular formula is C14H18F2N2O. The van der Waals surface area contributed by atoms with E-state index in [1.54, 1.807) is 0 Å². The molecule has 2 rings (SSSR count). The molecule has 1 heterocycles. The lowest BCUT2D eigenvalue weighted by molar-refractivity contribution is 0.0934. The van der Waals surface area contributed by atoms with E-state index < -0.39 is 17.5 Å². The minimum atomic E-state index is -0.827. The highest BCUT2D eigenvalue weighted by Crippen LogP contribution is 2.17. The zero-order valence-electron chi connectivity index (χ0n) is 10.9. The fourth-order valence-corrected chi connectivity index (χ4v) is 2.32. The maximum atomic E-state index is 13.4. The van der Waals surface area contributed by atoms with Crippen LogP contribution < -0.4 is 10.6 Å². The largest absolute Gasteiger partial charge is 0.352 e. The Bertz CT molecular complexity index is 465. The second-order valence-corrected chi connectivity index (χ2v) is 5.06. The lowest BCUT2D eigenvalue weighted by Crippen LogP contribution is -2.42. The van der Waals surface area contributed by atoms with Crippen molar-refractivity contribution in [2.45, 2.75) is 13.3 Å². The van der Waals surface area contributed by atoms with Gasteiger partial charge in [-0.1, -0.05) is 6.92 Å². The molecule has 1 aromatic rings. The first kappa shape index (κ1) is 13.9. The lowest BCUT2D eigenvalue weighted by atomic mass is 9.88. The highest BCUT2D eigenvalue weighted by Gasteiger charge is 2.22. The molecule has 2 unspecified atom stereocenters. The number of amides is 1. The molecule has 5 heteroatoms. The van der Waals surface area contributed by atoms with E-state index in [1.807, 2.05) is 0 Å². The predicted molar refractivity (Wildman–Crippen MR) is 68.8 cm³/mol. The maximum Gasteiger partial charge on any atom is 0.254 e. The molecule has 1 saturated heterocycles. The number of nitrogens with one attached hydrogen (secondary N) is 2. The molecule has 1 aromatic carbocycles. The number of rotatable bonds is 3. The van der Waals surface area contributed by atoms with E-state index in [2.05, 4.69) is 17.6 Å². The molecule has 0 saturated carbocycles.